The lowest BCUT2D eigenvalue weighted by Crippen LogP contribution is -2.32. The van der Waals surface area contributed by atoms with Gasteiger partial charge in [-0.15, -0.1) is 0 Å². The molecule has 0 radical (unpaired) electrons. The van der Waals surface area contributed by atoms with Gasteiger partial charge in [-0.3, -0.25) is 4.79 Å². The van der Waals surface area contributed by atoms with E-state index in [1.165, 1.54) is 30.3 Å². The average molecular weight is 456 g/mol. The van der Waals surface area contributed by atoms with Crippen LogP contribution in [0.15, 0.2) is 101 Å². The topological polar surface area (TPSA) is 117 Å². The minimum absolute atomic E-state index is 0.153. The number of benzene rings is 3. The van der Waals surface area contributed by atoms with Gasteiger partial charge in [-0.05, 0) is 34.9 Å². The molecule has 0 amide bonds. The van der Waals surface area contributed by atoms with E-state index < -0.39 is 32.7 Å². The van der Waals surface area contributed by atoms with E-state index in [1.807, 2.05) is 30.3 Å². The Kier molecular flexibility index (Phi) is 5.65. The van der Waals surface area contributed by atoms with Crippen LogP contribution in [0.4, 0.5) is 0 Å². The first-order valence-electron chi connectivity index (χ1n) is 9.74. The van der Waals surface area contributed by atoms with Crippen LogP contribution >= 0.6 is 0 Å². The summed E-state index contributed by atoms with van der Waals surface area (Å²) in [4.78, 5) is 24.7. The van der Waals surface area contributed by atoms with Gasteiger partial charge in [0.25, 0.3) is 15.6 Å². The largest absolute Gasteiger partial charge is 0.478 e. The highest BCUT2D eigenvalue weighted by Gasteiger charge is 2.28. The third kappa shape index (κ3) is 3.93. The molecule has 7 nitrogen and oxygen atoms in total. The molecule has 0 saturated carbocycles. The molecule has 0 bridgehead atoms. The summed E-state index contributed by atoms with van der Waals surface area (Å²) >= 11 is 0. The van der Waals surface area contributed by atoms with E-state index in [2.05, 4.69) is 0 Å². The maximum absolute atomic E-state index is 13.4. The molecule has 33 heavy (non-hydrogen) atoms. The van der Waals surface area contributed by atoms with Gasteiger partial charge in [-0.1, -0.05) is 72.8 Å². The number of carboxylic acids is 1. The number of rotatable bonds is 5. The van der Waals surface area contributed by atoms with Crippen LogP contribution in [0.2, 0.25) is 0 Å². The van der Waals surface area contributed by atoms with E-state index in [9.17, 15) is 28.4 Å². The molecule has 4 rings (SSSR count). The first-order valence-corrected chi connectivity index (χ1v) is 11.2. The smallest absolute Gasteiger partial charge is 0.337 e. The normalized spacial score (nSPS) is 11.0. The first-order chi connectivity index (χ1) is 15.8. The molecule has 162 valence electrons. The number of aromatic nitrogens is 1. The summed E-state index contributed by atoms with van der Waals surface area (Å²) in [6.07, 6.45) is 0. The van der Waals surface area contributed by atoms with Crippen molar-refractivity contribution < 1.29 is 18.3 Å². The van der Waals surface area contributed by atoms with Gasteiger partial charge in [0.2, 0.25) is 0 Å². The van der Waals surface area contributed by atoms with Crippen LogP contribution in [0.5, 0.6) is 0 Å². The van der Waals surface area contributed by atoms with Crippen molar-refractivity contribution in [2.24, 2.45) is 0 Å². The van der Waals surface area contributed by atoms with E-state index >= 15 is 0 Å². The maximum atomic E-state index is 13.4. The van der Waals surface area contributed by atoms with Crippen molar-refractivity contribution in [1.29, 1.82) is 5.26 Å². The highest BCUT2D eigenvalue weighted by Crippen LogP contribution is 2.28. The summed E-state index contributed by atoms with van der Waals surface area (Å²) in [6, 6.07) is 26.0. The molecule has 0 aliphatic rings. The Morgan fingerprint density at radius 3 is 1.88 bits per heavy atom. The molecule has 0 atom stereocenters. The molecule has 0 aliphatic heterocycles. The molecule has 0 saturated heterocycles. The van der Waals surface area contributed by atoms with Crippen LogP contribution < -0.4 is 5.56 Å². The number of hydrogen-bond donors (Lipinski definition) is 1. The van der Waals surface area contributed by atoms with Crippen LogP contribution in [0.3, 0.4) is 0 Å². The number of nitriles is 1. The lowest BCUT2D eigenvalue weighted by molar-refractivity contribution is 0.0696. The molecule has 1 N–H and O–H groups in total. The van der Waals surface area contributed by atoms with Gasteiger partial charge >= 0.3 is 5.97 Å². The first kappa shape index (κ1) is 21.7. The van der Waals surface area contributed by atoms with E-state index in [4.69, 9.17) is 0 Å². The predicted octanol–water partition coefficient (Wildman–Crippen LogP) is 3.99. The van der Waals surface area contributed by atoms with Crippen LogP contribution in [0.25, 0.3) is 22.4 Å². The number of carbonyl (C=O) groups is 1. The van der Waals surface area contributed by atoms with Gasteiger partial charge in [0.1, 0.15) is 11.6 Å². The van der Waals surface area contributed by atoms with E-state index in [1.54, 1.807) is 30.3 Å². The summed E-state index contributed by atoms with van der Waals surface area (Å²) < 4.78 is 27.3. The molecular formula is C25H16N2O5S. The second-order valence-corrected chi connectivity index (χ2v) is 8.85. The van der Waals surface area contributed by atoms with Gasteiger partial charge in [-0.2, -0.15) is 9.23 Å². The highest BCUT2D eigenvalue weighted by atomic mass is 32.2. The molecule has 3 aromatic carbocycles. The molecule has 8 heteroatoms. The minimum atomic E-state index is -4.43. The van der Waals surface area contributed by atoms with Gasteiger partial charge in [-0.25, -0.2) is 13.2 Å². The molecule has 1 aromatic heterocycles. The summed E-state index contributed by atoms with van der Waals surface area (Å²) in [6.45, 7) is 0. The minimum Gasteiger partial charge on any atom is -0.478 e. The quantitative estimate of drug-likeness (QED) is 0.485. The summed E-state index contributed by atoms with van der Waals surface area (Å²) in [5, 5.41) is 19.0. The number of carboxylic acid groups (broad SMARTS) is 1. The van der Waals surface area contributed by atoms with Gasteiger partial charge < -0.3 is 5.11 Å². The van der Waals surface area contributed by atoms with Gasteiger partial charge in [0.05, 0.1) is 16.2 Å². The molecule has 0 unspecified atom stereocenters. The van der Waals surface area contributed by atoms with Gasteiger partial charge in [0.15, 0.2) is 0 Å². The average Bonchev–Trinajstić information content (AvgIpc) is 2.84. The number of hydrogen-bond acceptors (Lipinski definition) is 5. The van der Waals surface area contributed by atoms with Crippen molar-refractivity contribution in [2.75, 3.05) is 0 Å². The predicted molar refractivity (Wildman–Crippen MR) is 122 cm³/mol. The zero-order valence-electron chi connectivity index (χ0n) is 17.0. The Hall–Kier alpha value is -4.48. The van der Waals surface area contributed by atoms with Crippen LogP contribution in [-0.2, 0) is 10.0 Å². The van der Waals surface area contributed by atoms with Gasteiger partial charge in [0, 0.05) is 0 Å². The van der Waals surface area contributed by atoms with Crippen molar-refractivity contribution in [3.63, 3.8) is 0 Å². The molecule has 0 aliphatic carbocycles. The molecule has 1 heterocycles. The third-order valence-corrected chi connectivity index (χ3v) is 6.79. The fourth-order valence-electron chi connectivity index (χ4n) is 3.47. The van der Waals surface area contributed by atoms with E-state index in [0.717, 1.165) is 17.2 Å². The lowest BCUT2D eigenvalue weighted by atomic mass is 10.0. The van der Waals surface area contributed by atoms with Crippen molar-refractivity contribution in [3.05, 3.63) is 112 Å². The Morgan fingerprint density at radius 2 is 1.33 bits per heavy atom. The van der Waals surface area contributed by atoms with E-state index in [0.29, 0.717) is 9.54 Å². The number of pyridine rings is 1. The van der Waals surface area contributed by atoms with Crippen molar-refractivity contribution in [3.8, 4) is 28.5 Å². The molecule has 4 aromatic rings. The molecule has 0 spiro atoms. The summed E-state index contributed by atoms with van der Waals surface area (Å²) in [5.41, 5.74) is -0.604. The van der Waals surface area contributed by atoms with E-state index in [-0.39, 0.29) is 10.6 Å². The fourth-order valence-corrected chi connectivity index (χ4v) is 4.91. The lowest BCUT2D eigenvalue weighted by Gasteiger charge is -2.16. The molecular weight excluding hydrogens is 440 g/mol. The SMILES string of the molecule is N#Cc1c(C(=O)O)cc(-c2ccc(-c3ccccc3)cc2)n(S(=O)(=O)c2ccccc2)c1=O. The Balaban J connectivity index is 2.01. The standard InChI is InChI=1S/C25H16N2O5S/c26-16-22-21(25(29)30)15-23(19-13-11-18(12-14-19)17-7-3-1-4-8-17)27(24(22)28)33(31,32)20-9-5-2-6-10-20/h1-15H,(H,29,30). The zero-order valence-corrected chi connectivity index (χ0v) is 17.9. The second-order valence-electron chi connectivity index (χ2n) is 7.07. The summed E-state index contributed by atoms with van der Waals surface area (Å²) in [7, 11) is -4.43. The van der Waals surface area contributed by atoms with Crippen molar-refractivity contribution in [1.82, 2.24) is 3.97 Å². The fraction of sp³-hybridized carbons (Fsp3) is 0. The Bertz CT molecular complexity index is 1550. The number of nitrogens with zero attached hydrogens (tertiary/aromatic N) is 2. The highest BCUT2D eigenvalue weighted by molar-refractivity contribution is 7.90. The van der Waals surface area contributed by atoms with Crippen LogP contribution in [0, 0.1) is 11.3 Å². The second kappa shape index (κ2) is 8.57. The third-order valence-electron chi connectivity index (χ3n) is 5.08. The molecule has 0 fully saturated rings. The number of aromatic carboxylic acids is 1. The van der Waals surface area contributed by atoms with Crippen LogP contribution in [0.1, 0.15) is 15.9 Å². The summed E-state index contributed by atoms with van der Waals surface area (Å²) in [5.74, 6) is -1.50. The van der Waals surface area contributed by atoms with Crippen LogP contribution in [-0.4, -0.2) is 23.5 Å². The Labute approximate surface area is 189 Å². The maximum Gasteiger partial charge on any atom is 0.337 e. The van der Waals surface area contributed by atoms with Crippen molar-refractivity contribution in [2.45, 2.75) is 4.90 Å². The zero-order chi connectivity index (χ0) is 23.6. The monoisotopic (exact) mass is 456 g/mol. The Morgan fingerprint density at radius 1 is 0.818 bits per heavy atom. The van der Waals surface area contributed by atoms with Crippen molar-refractivity contribution >= 4 is 16.0 Å².